The molecule has 1 heterocycles. The number of nitrogens with zero attached hydrogens (tertiary/aromatic N) is 2. The van der Waals surface area contributed by atoms with Gasteiger partial charge in [-0.1, -0.05) is 48.5 Å². The molecule has 0 spiro atoms. The van der Waals surface area contributed by atoms with Gasteiger partial charge in [-0.25, -0.2) is 0 Å². The molecule has 0 aliphatic carbocycles. The first-order valence-electron chi connectivity index (χ1n) is 6.47. The zero-order chi connectivity index (χ0) is 13.9. The first-order valence-corrected chi connectivity index (χ1v) is 6.47. The smallest absolute Gasteiger partial charge is 0.267 e. The van der Waals surface area contributed by atoms with Crippen molar-refractivity contribution in [3.8, 4) is 0 Å². The van der Waals surface area contributed by atoms with Crippen LogP contribution in [0.5, 0.6) is 0 Å². The van der Waals surface area contributed by atoms with Gasteiger partial charge in [0.2, 0.25) is 0 Å². The number of carbonyl (C=O) groups excluding carboxylic acids is 1. The molecule has 3 heteroatoms. The van der Waals surface area contributed by atoms with Gasteiger partial charge in [0.05, 0.1) is 17.0 Å². The molecule has 3 rings (SSSR count). The van der Waals surface area contributed by atoms with Crippen LogP contribution in [-0.2, 0) is 4.79 Å². The molecule has 0 fully saturated rings. The summed E-state index contributed by atoms with van der Waals surface area (Å²) in [7, 11) is 0. The molecule has 0 N–H and O–H groups in total. The van der Waals surface area contributed by atoms with Crippen LogP contribution >= 0.6 is 0 Å². The minimum Gasteiger partial charge on any atom is -0.267 e. The van der Waals surface area contributed by atoms with Crippen molar-refractivity contribution in [2.24, 2.45) is 5.10 Å². The molecule has 0 unspecified atom stereocenters. The molecule has 0 saturated carbocycles. The maximum atomic E-state index is 12.5. The van der Waals surface area contributed by atoms with E-state index in [9.17, 15) is 4.79 Å². The van der Waals surface area contributed by atoms with Crippen LogP contribution in [0, 0.1) is 0 Å². The van der Waals surface area contributed by atoms with Crippen LogP contribution in [0.2, 0.25) is 0 Å². The Morgan fingerprint density at radius 1 is 0.950 bits per heavy atom. The lowest BCUT2D eigenvalue weighted by Crippen LogP contribution is -2.21. The monoisotopic (exact) mass is 262 g/mol. The van der Waals surface area contributed by atoms with Gasteiger partial charge in [-0.15, -0.1) is 0 Å². The third kappa shape index (κ3) is 2.26. The summed E-state index contributed by atoms with van der Waals surface area (Å²) in [6.45, 7) is 1.86. The minimum absolute atomic E-state index is 0.0856. The molecule has 0 saturated heterocycles. The topological polar surface area (TPSA) is 32.7 Å². The van der Waals surface area contributed by atoms with Crippen molar-refractivity contribution < 1.29 is 4.79 Å². The van der Waals surface area contributed by atoms with Crippen LogP contribution in [-0.4, -0.2) is 11.6 Å². The van der Waals surface area contributed by atoms with E-state index in [1.807, 2.05) is 73.7 Å². The summed E-state index contributed by atoms with van der Waals surface area (Å²) in [5, 5.41) is 5.80. The van der Waals surface area contributed by atoms with Crippen LogP contribution in [0.3, 0.4) is 0 Å². The normalized spacial score (nSPS) is 16.6. The second-order valence-electron chi connectivity index (χ2n) is 4.61. The van der Waals surface area contributed by atoms with Crippen molar-refractivity contribution in [1.29, 1.82) is 0 Å². The number of hydrogen-bond donors (Lipinski definition) is 0. The van der Waals surface area contributed by atoms with E-state index >= 15 is 0 Å². The first kappa shape index (κ1) is 12.4. The summed E-state index contributed by atoms with van der Waals surface area (Å²) in [6, 6.07) is 19.3. The lowest BCUT2D eigenvalue weighted by Gasteiger charge is -2.10. The van der Waals surface area contributed by atoms with Crippen LogP contribution in [0.4, 0.5) is 5.69 Å². The van der Waals surface area contributed by atoms with E-state index in [1.54, 1.807) is 0 Å². The molecule has 98 valence electrons. The zero-order valence-corrected chi connectivity index (χ0v) is 11.2. The Morgan fingerprint density at radius 3 is 2.20 bits per heavy atom. The largest absolute Gasteiger partial charge is 0.280 e. The van der Waals surface area contributed by atoms with Crippen LogP contribution in [0.15, 0.2) is 71.3 Å². The van der Waals surface area contributed by atoms with E-state index in [0.29, 0.717) is 5.57 Å². The van der Waals surface area contributed by atoms with E-state index < -0.39 is 0 Å². The van der Waals surface area contributed by atoms with Crippen molar-refractivity contribution in [2.75, 3.05) is 5.01 Å². The Morgan fingerprint density at radius 2 is 1.55 bits per heavy atom. The maximum Gasteiger partial charge on any atom is 0.280 e. The summed E-state index contributed by atoms with van der Waals surface area (Å²) >= 11 is 0. The van der Waals surface area contributed by atoms with Crippen molar-refractivity contribution in [2.45, 2.75) is 6.92 Å². The number of rotatable bonds is 2. The van der Waals surface area contributed by atoms with Gasteiger partial charge in [0, 0.05) is 0 Å². The lowest BCUT2D eigenvalue weighted by molar-refractivity contribution is -0.114. The number of amides is 1. The standard InChI is InChI=1S/C17H14N2O/c1-13-16(12-14-8-4-2-5-9-14)17(20)19(18-13)15-10-6-3-7-11-15/h2-12H,1H3/b16-12-. The second kappa shape index (κ2) is 5.13. The van der Waals surface area contributed by atoms with Gasteiger partial charge in [-0.3, -0.25) is 4.79 Å². The number of carbonyl (C=O) groups is 1. The average molecular weight is 262 g/mol. The predicted molar refractivity (Wildman–Crippen MR) is 81.5 cm³/mol. The fourth-order valence-corrected chi connectivity index (χ4v) is 2.14. The summed E-state index contributed by atoms with van der Waals surface area (Å²) in [5.41, 5.74) is 3.16. The van der Waals surface area contributed by atoms with Crippen LogP contribution in [0.1, 0.15) is 12.5 Å². The van der Waals surface area contributed by atoms with Gasteiger partial charge < -0.3 is 0 Å². The SMILES string of the molecule is CC1=NN(c2ccccc2)C(=O)/C1=C\c1ccccc1. The Hall–Kier alpha value is -2.68. The molecule has 0 radical (unpaired) electrons. The molecule has 1 aliphatic heterocycles. The van der Waals surface area contributed by atoms with E-state index in [-0.39, 0.29) is 5.91 Å². The molecule has 1 amide bonds. The van der Waals surface area contributed by atoms with Crippen molar-refractivity contribution >= 4 is 23.4 Å². The number of benzene rings is 2. The molecule has 0 bridgehead atoms. The van der Waals surface area contributed by atoms with Crippen molar-refractivity contribution in [3.63, 3.8) is 0 Å². The van der Waals surface area contributed by atoms with Gasteiger partial charge in [0.15, 0.2) is 0 Å². The highest BCUT2D eigenvalue weighted by molar-refractivity contribution is 6.32. The van der Waals surface area contributed by atoms with Gasteiger partial charge in [-0.2, -0.15) is 10.1 Å². The Bertz CT molecular complexity index is 687. The second-order valence-corrected chi connectivity index (χ2v) is 4.61. The van der Waals surface area contributed by atoms with E-state index in [1.165, 1.54) is 5.01 Å². The molecule has 3 nitrogen and oxygen atoms in total. The van der Waals surface area contributed by atoms with E-state index in [2.05, 4.69) is 5.10 Å². The maximum absolute atomic E-state index is 12.5. The predicted octanol–water partition coefficient (Wildman–Crippen LogP) is 3.49. The molecule has 20 heavy (non-hydrogen) atoms. The molecular weight excluding hydrogens is 248 g/mol. The van der Waals surface area contributed by atoms with Crippen LogP contribution in [0.25, 0.3) is 6.08 Å². The lowest BCUT2D eigenvalue weighted by atomic mass is 10.1. The fraction of sp³-hybridized carbons (Fsp3) is 0.0588. The van der Waals surface area contributed by atoms with Gasteiger partial charge in [0.1, 0.15) is 0 Å². The van der Waals surface area contributed by atoms with E-state index in [4.69, 9.17) is 0 Å². The zero-order valence-electron chi connectivity index (χ0n) is 11.2. The first-order chi connectivity index (χ1) is 9.75. The third-order valence-corrected chi connectivity index (χ3v) is 3.17. The van der Waals surface area contributed by atoms with Gasteiger partial charge >= 0.3 is 0 Å². The molecule has 0 aromatic heterocycles. The van der Waals surface area contributed by atoms with Crippen LogP contribution < -0.4 is 5.01 Å². The Kier molecular flexibility index (Phi) is 3.17. The van der Waals surface area contributed by atoms with Gasteiger partial charge in [0.25, 0.3) is 5.91 Å². The highest BCUT2D eigenvalue weighted by Gasteiger charge is 2.28. The summed E-state index contributed by atoms with van der Waals surface area (Å²) < 4.78 is 0. The molecular formula is C17H14N2O. The van der Waals surface area contributed by atoms with Crippen molar-refractivity contribution in [1.82, 2.24) is 0 Å². The Labute approximate surface area is 117 Å². The molecule has 1 aliphatic rings. The highest BCUT2D eigenvalue weighted by Crippen LogP contribution is 2.24. The number of para-hydroxylation sites is 1. The van der Waals surface area contributed by atoms with Gasteiger partial charge in [-0.05, 0) is 30.7 Å². The number of hydrazone groups is 1. The molecule has 2 aromatic carbocycles. The van der Waals surface area contributed by atoms with Crippen molar-refractivity contribution in [3.05, 3.63) is 71.8 Å². The number of anilines is 1. The number of hydrogen-bond acceptors (Lipinski definition) is 2. The summed E-state index contributed by atoms with van der Waals surface area (Å²) in [4.78, 5) is 12.5. The summed E-state index contributed by atoms with van der Waals surface area (Å²) in [5.74, 6) is -0.0856. The fourth-order valence-electron chi connectivity index (χ4n) is 2.14. The quantitative estimate of drug-likeness (QED) is 0.762. The Balaban J connectivity index is 1.96. The average Bonchev–Trinajstić information content (AvgIpc) is 2.77. The summed E-state index contributed by atoms with van der Waals surface area (Å²) in [6.07, 6.45) is 1.88. The molecule has 0 atom stereocenters. The third-order valence-electron chi connectivity index (χ3n) is 3.17. The van der Waals surface area contributed by atoms with E-state index in [0.717, 1.165) is 17.0 Å². The highest BCUT2D eigenvalue weighted by atomic mass is 16.2. The molecule has 2 aromatic rings. The minimum atomic E-state index is -0.0856.